The van der Waals surface area contributed by atoms with Crippen LogP contribution >= 0.6 is 0 Å². The monoisotopic (exact) mass is 267 g/mol. The number of benzene rings is 1. The summed E-state index contributed by atoms with van der Waals surface area (Å²) in [4.78, 5) is 0. The van der Waals surface area contributed by atoms with Crippen molar-refractivity contribution in [3.05, 3.63) is 29.6 Å². The van der Waals surface area contributed by atoms with Crippen LogP contribution in [0, 0.1) is 5.82 Å². The molecule has 0 aliphatic carbocycles. The van der Waals surface area contributed by atoms with Crippen LogP contribution in [0.15, 0.2) is 18.2 Å². The average molecular weight is 267 g/mol. The first-order chi connectivity index (χ1) is 9.19. The molecular formula is C16H26FNO. The van der Waals surface area contributed by atoms with E-state index in [1.807, 2.05) is 20.0 Å². The van der Waals surface area contributed by atoms with E-state index < -0.39 is 0 Å². The summed E-state index contributed by atoms with van der Waals surface area (Å²) in [5.74, 6) is 0.0932. The van der Waals surface area contributed by atoms with Crippen LogP contribution in [0.1, 0.15) is 57.6 Å². The maximum atomic E-state index is 13.8. The van der Waals surface area contributed by atoms with Crippen LogP contribution in [0.2, 0.25) is 0 Å². The maximum Gasteiger partial charge on any atom is 0.165 e. The van der Waals surface area contributed by atoms with Gasteiger partial charge in [0.1, 0.15) is 0 Å². The van der Waals surface area contributed by atoms with Crippen molar-refractivity contribution in [2.75, 3.05) is 13.7 Å². The molecule has 0 amide bonds. The van der Waals surface area contributed by atoms with Crippen molar-refractivity contribution < 1.29 is 9.13 Å². The Balaban J connectivity index is 2.38. The van der Waals surface area contributed by atoms with E-state index >= 15 is 0 Å². The summed E-state index contributed by atoms with van der Waals surface area (Å²) in [5.41, 5.74) is 0.940. The van der Waals surface area contributed by atoms with Crippen molar-refractivity contribution in [3.8, 4) is 5.75 Å². The highest BCUT2D eigenvalue weighted by Gasteiger charge is 2.08. The van der Waals surface area contributed by atoms with Crippen LogP contribution in [-0.4, -0.2) is 13.7 Å². The van der Waals surface area contributed by atoms with Crippen molar-refractivity contribution in [1.82, 2.24) is 5.32 Å². The van der Waals surface area contributed by atoms with Gasteiger partial charge in [0.15, 0.2) is 11.6 Å². The van der Waals surface area contributed by atoms with E-state index in [9.17, 15) is 4.39 Å². The highest BCUT2D eigenvalue weighted by Crippen LogP contribution is 2.22. The van der Waals surface area contributed by atoms with Crippen molar-refractivity contribution >= 4 is 0 Å². The third-order valence-electron chi connectivity index (χ3n) is 3.39. The molecule has 0 bridgehead atoms. The van der Waals surface area contributed by atoms with Crippen LogP contribution in [0.25, 0.3) is 0 Å². The number of unbranched alkanes of at least 4 members (excludes halogenated alkanes) is 4. The number of hydrogen-bond acceptors (Lipinski definition) is 2. The predicted molar refractivity (Wildman–Crippen MR) is 78.1 cm³/mol. The summed E-state index contributed by atoms with van der Waals surface area (Å²) in [6.07, 6.45) is 5.89. The maximum absolute atomic E-state index is 13.8. The number of hydrogen-bond donors (Lipinski definition) is 1. The van der Waals surface area contributed by atoms with Crippen LogP contribution in [0.4, 0.5) is 4.39 Å². The molecule has 1 aromatic rings. The van der Waals surface area contributed by atoms with E-state index in [0.717, 1.165) is 18.4 Å². The molecule has 1 atom stereocenters. The lowest BCUT2D eigenvalue weighted by atomic mass is 10.1. The van der Waals surface area contributed by atoms with Gasteiger partial charge in [-0.05, 0) is 38.1 Å². The van der Waals surface area contributed by atoms with Gasteiger partial charge in [0.2, 0.25) is 0 Å². The molecule has 108 valence electrons. The summed E-state index contributed by atoms with van der Waals surface area (Å²) < 4.78 is 19.3. The lowest BCUT2D eigenvalue weighted by molar-refractivity contribution is 0.290. The Kier molecular flexibility index (Phi) is 7.49. The Hall–Kier alpha value is -1.09. The number of rotatable bonds is 9. The second kappa shape index (κ2) is 8.92. The van der Waals surface area contributed by atoms with Crippen LogP contribution in [0.3, 0.4) is 0 Å². The Morgan fingerprint density at radius 3 is 2.58 bits per heavy atom. The van der Waals surface area contributed by atoms with Gasteiger partial charge in [-0.3, -0.25) is 0 Å². The molecule has 0 aliphatic rings. The molecule has 1 aromatic carbocycles. The van der Waals surface area contributed by atoms with E-state index in [-0.39, 0.29) is 11.9 Å². The molecule has 0 spiro atoms. The van der Waals surface area contributed by atoms with Gasteiger partial charge < -0.3 is 10.1 Å². The standard InChI is InChI=1S/C16H26FNO/c1-4-5-6-7-8-11-19-16-10-9-14(12-15(16)17)13(2)18-3/h9-10,12-13,18H,4-8,11H2,1-3H3. The van der Waals surface area contributed by atoms with Gasteiger partial charge in [0, 0.05) is 6.04 Å². The molecule has 2 nitrogen and oxygen atoms in total. The molecule has 3 heteroatoms. The zero-order valence-corrected chi connectivity index (χ0v) is 12.3. The van der Waals surface area contributed by atoms with Gasteiger partial charge in [-0.25, -0.2) is 4.39 Å². The summed E-state index contributed by atoms with van der Waals surface area (Å²) in [6.45, 7) is 4.80. The molecule has 0 aliphatic heterocycles. The van der Waals surface area contributed by atoms with Gasteiger partial charge in [0.25, 0.3) is 0 Å². The fourth-order valence-electron chi connectivity index (χ4n) is 1.96. The summed E-state index contributed by atoms with van der Waals surface area (Å²) in [7, 11) is 1.86. The lowest BCUT2D eigenvalue weighted by Crippen LogP contribution is -2.12. The van der Waals surface area contributed by atoms with Crippen molar-refractivity contribution in [3.63, 3.8) is 0 Å². The van der Waals surface area contributed by atoms with Crippen molar-refractivity contribution in [2.45, 2.75) is 52.0 Å². The van der Waals surface area contributed by atoms with Gasteiger partial charge in [-0.2, -0.15) is 0 Å². The van der Waals surface area contributed by atoms with E-state index in [0.29, 0.717) is 12.4 Å². The molecule has 0 aromatic heterocycles. The molecule has 1 N–H and O–H groups in total. The highest BCUT2D eigenvalue weighted by molar-refractivity contribution is 5.30. The first kappa shape index (κ1) is 16.0. The SMILES string of the molecule is CCCCCCCOc1ccc(C(C)NC)cc1F. The Labute approximate surface area is 116 Å². The molecule has 19 heavy (non-hydrogen) atoms. The van der Waals surface area contributed by atoms with Crippen LogP contribution in [-0.2, 0) is 0 Å². The fourth-order valence-corrected chi connectivity index (χ4v) is 1.96. The smallest absolute Gasteiger partial charge is 0.165 e. The Morgan fingerprint density at radius 2 is 1.95 bits per heavy atom. The molecular weight excluding hydrogens is 241 g/mol. The Morgan fingerprint density at radius 1 is 1.21 bits per heavy atom. The molecule has 1 rings (SSSR count). The van der Waals surface area contributed by atoms with E-state index in [1.165, 1.54) is 19.3 Å². The largest absolute Gasteiger partial charge is 0.491 e. The minimum Gasteiger partial charge on any atom is -0.491 e. The van der Waals surface area contributed by atoms with E-state index in [4.69, 9.17) is 4.74 Å². The first-order valence-electron chi connectivity index (χ1n) is 7.28. The van der Waals surface area contributed by atoms with Crippen LogP contribution in [0.5, 0.6) is 5.75 Å². The number of nitrogens with one attached hydrogen (secondary N) is 1. The predicted octanol–water partition coefficient (Wildman–Crippen LogP) is 4.46. The van der Waals surface area contributed by atoms with Crippen LogP contribution < -0.4 is 10.1 Å². The highest BCUT2D eigenvalue weighted by atomic mass is 19.1. The molecule has 0 saturated heterocycles. The minimum absolute atomic E-state index is 0.151. The fraction of sp³-hybridized carbons (Fsp3) is 0.625. The van der Waals surface area contributed by atoms with Gasteiger partial charge in [-0.1, -0.05) is 38.7 Å². The number of ether oxygens (including phenoxy) is 1. The average Bonchev–Trinajstić information content (AvgIpc) is 2.43. The van der Waals surface area contributed by atoms with Gasteiger partial charge >= 0.3 is 0 Å². The third-order valence-corrected chi connectivity index (χ3v) is 3.39. The Bertz CT molecular complexity index is 368. The van der Waals surface area contributed by atoms with Gasteiger partial charge in [0.05, 0.1) is 6.61 Å². The van der Waals surface area contributed by atoms with Crippen molar-refractivity contribution in [1.29, 1.82) is 0 Å². The van der Waals surface area contributed by atoms with E-state index in [2.05, 4.69) is 12.2 Å². The quantitative estimate of drug-likeness (QED) is 0.667. The van der Waals surface area contributed by atoms with Crippen molar-refractivity contribution in [2.24, 2.45) is 0 Å². The number of halogens is 1. The second-order valence-electron chi connectivity index (χ2n) is 4.96. The van der Waals surface area contributed by atoms with E-state index in [1.54, 1.807) is 12.1 Å². The zero-order chi connectivity index (χ0) is 14.1. The minimum atomic E-state index is -0.270. The van der Waals surface area contributed by atoms with Gasteiger partial charge in [-0.15, -0.1) is 0 Å². The molecule has 0 fully saturated rings. The zero-order valence-electron chi connectivity index (χ0n) is 12.3. The lowest BCUT2D eigenvalue weighted by Gasteiger charge is -2.13. The summed E-state index contributed by atoms with van der Waals surface area (Å²) >= 11 is 0. The second-order valence-corrected chi connectivity index (χ2v) is 4.96. The normalized spacial score (nSPS) is 12.4. The molecule has 0 heterocycles. The summed E-state index contributed by atoms with van der Waals surface area (Å²) in [5, 5.41) is 3.09. The molecule has 1 unspecified atom stereocenters. The third kappa shape index (κ3) is 5.60. The molecule has 0 radical (unpaired) electrons. The first-order valence-corrected chi connectivity index (χ1v) is 7.28. The molecule has 0 saturated carbocycles. The topological polar surface area (TPSA) is 21.3 Å². The summed E-state index contributed by atoms with van der Waals surface area (Å²) in [6, 6.07) is 5.34.